The van der Waals surface area contributed by atoms with Gasteiger partial charge in [0.15, 0.2) is 0 Å². The van der Waals surface area contributed by atoms with Gasteiger partial charge >= 0.3 is 0 Å². The summed E-state index contributed by atoms with van der Waals surface area (Å²) in [5.74, 6) is 0.809. The lowest BCUT2D eigenvalue weighted by Gasteiger charge is -2.39. The molecule has 1 aromatic heterocycles. The number of piperidine rings is 1. The molecule has 2 fully saturated rings. The molecule has 0 amide bonds. The van der Waals surface area contributed by atoms with Crippen molar-refractivity contribution in [1.29, 1.82) is 0 Å². The Balaban J connectivity index is 1.70. The van der Waals surface area contributed by atoms with Gasteiger partial charge in [0.2, 0.25) is 0 Å². The standard InChI is InChI=1S/C16H28N4/c1-11-7-15(20(4)18-11)10-16(17-2)12-8-13-5-6-14(9-12)19(13)3/h7,12-14,16-17H,5-6,8-10H2,1-4H3. The van der Waals surface area contributed by atoms with E-state index in [1.807, 2.05) is 4.68 Å². The molecule has 4 nitrogen and oxygen atoms in total. The maximum absolute atomic E-state index is 4.48. The van der Waals surface area contributed by atoms with Crippen molar-refractivity contribution in [2.24, 2.45) is 13.0 Å². The number of hydrogen-bond donors (Lipinski definition) is 1. The molecule has 4 heteroatoms. The van der Waals surface area contributed by atoms with Crippen LogP contribution in [0.1, 0.15) is 37.1 Å². The van der Waals surface area contributed by atoms with Crippen LogP contribution in [0.15, 0.2) is 6.07 Å². The lowest BCUT2D eigenvalue weighted by atomic mass is 9.83. The van der Waals surface area contributed by atoms with Crippen LogP contribution in [0.3, 0.4) is 0 Å². The van der Waals surface area contributed by atoms with Crippen LogP contribution in [0.2, 0.25) is 0 Å². The molecule has 0 radical (unpaired) electrons. The molecule has 112 valence electrons. The van der Waals surface area contributed by atoms with Crippen LogP contribution in [0.4, 0.5) is 0 Å². The van der Waals surface area contributed by atoms with Crippen LogP contribution in [0, 0.1) is 12.8 Å². The van der Waals surface area contributed by atoms with E-state index in [1.54, 1.807) is 0 Å². The second kappa shape index (κ2) is 5.49. The van der Waals surface area contributed by atoms with E-state index in [1.165, 1.54) is 31.4 Å². The summed E-state index contributed by atoms with van der Waals surface area (Å²) in [4.78, 5) is 2.62. The first kappa shape index (κ1) is 14.1. The molecule has 2 bridgehead atoms. The Bertz CT molecular complexity index is 453. The van der Waals surface area contributed by atoms with Crippen LogP contribution in [-0.2, 0) is 13.5 Å². The Morgan fingerprint density at radius 3 is 2.45 bits per heavy atom. The van der Waals surface area contributed by atoms with Gasteiger partial charge in [-0.1, -0.05) is 0 Å². The van der Waals surface area contributed by atoms with Crippen molar-refractivity contribution in [2.45, 2.75) is 57.2 Å². The third-order valence-corrected chi connectivity index (χ3v) is 5.60. The molecule has 3 rings (SSSR count). The molecule has 3 unspecified atom stereocenters. The van der Waals surface area contributed by atoms with Crippen LogP contribution in [0.25, 0.3) is 0 Å². The highest BCUT2D eigenvalue weighted by Crippen LogP contribution is 2.39. The molecule has 1 N–H and O–H groups in total. The number of nitrogens with one attached hydrogen (secondary N) is 1. The fraction of sp³-hybridized carbons (Fsp3) is 0.812. The molecule has 20 heavy (non-hydrogen) atoms. The number of nitrogens with zero attached hydrogens (tertiary/aromatic N) is 3. The van der Waals surface area contributed by atoms with Gasteiger partial charge in [0.25, 0.3) is 0 Å². The number of aromatic nitrogens is 2. The first-order valence-corrected chi connectivity index (χ1v) is 7.97. The minimum Gasteiger partial charge on any atom is -0.316 e. The molecule has 0 aromatic carbocycles. The molecule has 0 spiro atoms. The third kappa shape index (κ3) is 2.51. The SMILES string of the molecule is CNC(Cc1cc(C)nn1C)C1CC2CCC(C1)N2C. The number of likely N-dealkylation sites (N-methyl/N-ethyl adjacent to an activating group) is 1. The Kier molecular flexibility index (Phi) is 3.87. The minimum absolute atomic E-state index is 0.585. The lowest BCUT2D eigenvalue weighted by Crippen LogP contribution is -2.47. The van der Waals surface area contributed by atoms with E-state index in [9.17, 15) is 0 Å². The summed E-state index contributed by atoms with van der Waals surface area (Å²) in [7, 11) is 6.50. The lowest BCUT2D eigenvalue weighted by molar-refractivity contribution is 0.113. The van der Waals surface area contributed by atoms with Gasteiger partial charge in [0.1, 0.15) is 0 Å². The zero-order valence-electron chi connectivity index (χ0n) is 13.3. The van der Waals surface area contributed by atoms with Gasteiger partial charge < -0.3 is 10.2 Å². The third-order valence-electron chi connectivity index (χ3n) is 5.60. The first-order valence-electron chi connectivity index (χ1n) is 7.97. The molecule has 0 aliphatic carbocycles. The maximum atomic E-state index is 4.48. The molecule has 2 saturated heterocycles. The van der Waals surface area contributed by atoms with Gasteiger partial charge in [-0.25, -0.2) is 0 Å². The molecule has 2 aliphatic rings. The highest BCUT2D eigenvalue weighted by Gasteiger charge is 2.40. The summed E-state index contributed by atoms with van der Waals surface area (Å²) < 4.78 is 2.04. The van der Waals surface area contributed by atoms with Crippen molar-refractivity contribution in [1.82, 2.24) is 20.0 Å². The van der Waals surface area contributed by atoms with Crippen LogP contribution >= 0.6 is 0 Å². The van der Waals surface area contributed by atoms with Crippen LogP contribution in [0.5, 0.6) is 0 Å². The zero-order valence-corrected chi connectivity index (χ0v) is 13.3. The van der Waals surface area contributed by atoms with E-state index >= 15 is 0 Å². The summed E-state index contributed by atoms with van der Waals surface area (Å²) in [6.07, 6.45) is 6.62. The van der Waals surface area contributed by atoms with E-state index in [0.717, 1.165) is 30.1 Å². The summed E-state index contributed by atoms with van der Waals surface area (Å²) in [6.45, 7) is 2.08. The van der Waals surface area contributed by atoms with Crippen LogP contribution in [-0.4, -0.2) is 46.9 Å². The molecular weight excluding hydrogens is 248 g/mol. The van der Waals surface area contributed by atoms with Crippen molar-refractivity contribution in [3.63, 3.8) is 0 Å². The van der Waals surface area contributed by atoms with Gasteiger partial charge in [-0.2, -0.15) is 5.10 Å². The topological polar surface area (TPSA) is 33.1 Å². The average Bonchev–Trinajstić information content (AvgIpc) is 2.82. The zero-order chi connectivity index (χ0) is 14.3. The second-order valence-corrected chi connectivity index (χ2v) is 6.78. The van der Waals surface area contributed by atoms with Crippen LogP contribution < -0.4 is 5.32 Å². The van der Waals surface area contributed by atoms with E-state index in [-0.39, 0.29) is 0 Å². The smallest absolute Gasteiger partial charge is 0.0596 e. The Morgan fingerprint density at radius 1 is 1.30 bits per heavy atom. The van der Waals surface area contributed by atoms with Crippen molar-refractivity contribution in [3.8, 4) is 0 Å². The van der Waals surface area contributed by atoms with Gasteiger partial charge in [-0.3, -0.25) is 4.68 Å². The van der Waals surface area contributed by atoms with Crippen molar-refractivity contribution in [3.05, 3.63) is 17.5 Å². The summed E-state index contributed by atoms with van der Waals surface area (Å²) in [5.41, 5.74) is 2.48. The van der Waals surface area contributed by atoms with E-state index in [4.69, 9.17) is 0 Å². The molecule has 3 atom stereocenters. The van der Waals surface area contributed by atoms with Crippen molar-refractivity contribution >= 4 is 0 Å². The number of fused-ring (bicyclic) bond motifs is 2. The quantitative estimate of drug-likeness (QED) is 0.909. The first-order chi connectivity index (χ1) is 9.58. The Hall–Kier alpha value is -0.870. The fourth-order valence-corrected chi connectivity index (χ4v) is 4.37. The Labute approximate surface area is 122 Å². The monoisotopic (exact) mass is 276 g/mol. The summed E-state index contributed by atoms with van der Waals surface area (Å²) in [5, 5.41) is 8.06. The maximum Gasteiger partial charge on any atom is 0.0596 e. The van der Waals surface area contributed by atoms with Gasteiger partial charge in [0, 0.05) is 37.3 Å². The summed E-state index contributed by atoms with van der Waals surface area (Å²) in [6, 6.07) is 4.46. The second-order valence-electron chi connectivity index (χ2n) is 6.78. The molecule has 0 saturated carbocycles. The Morgan fingerprint density at radius 2 is 1.95 bits per heavy atom. The average molecular weight is 276 g/mol. The summed E-state index contributed by atoms with van der Waals surface area (Å²) >= 11 is 0. The molecule has 2 aliphatic heterocycles. The number of hydrogen-bond acceptors (Lipinski definition) is 3. The largest absolute Gasteiger partial charge is 0.316 e. The van der Waals surface area contributed by atoms with Crippen molar-refractivity contribution in [2.75, 3.05) is 14.1 Å². The molecular formula is C16H28N4. The molecule has 1 aromatic rings. The minimum atomic E-state index is 0.585. The number of aryl methyl sites for hydroxylation is 2. The van der Waals surface area contributed by atoms with E-state index in [0.29, 0.717) is 6.04 Å². The normalized spacial score (nSPS) is 31.7. The van der Waals surface area contributed by atoms with Gasteiger partial charge in [-0.15, -0.1) is 0 Å². The van der Waals surface area contributed by atoms with E-state index in [2.05, 4.69) is 49.4 Å². The van der Waals surface area contributed by atoms with Crippen molar-refractivity contribution < 1.29 is 0 Å². The fourth-order valence-electron chi connectivity index (χ4n) is 4.37. The van der Waals surface area contributed by atoms with Gasteiger partial charge in [-0.05, 0) is 58.7 Å². The van der Waals surface area contributed by atoms with Gasteiger partial charge in [0.05, 0.1) is 5.69 Å². The number of rotatable bonds is 4. The predicted molar refractivity (Wildman–Crippen MR) is 81.8 cm³/mol. The van der Waals surface area contributed by atoms with E-state index < -0.39 is 0 Å². The molecule has 3 heterocycles. The highest BCUT2D eigenvalue weighted by atomic mass is 15.3. The highest BCUT2D eigenvalue weighted by molar-refractivity contribution is 5.11. The predicted octanol–water partition coefficient (Wildman–Crippen LogP) is 1.73.